The number of carbonyl (C=O) groups excluding carboxylic acids is 2. The van der Waals surface area contributed by atoms with E-state index in [0.717, 1.165) is 24.3 Å². The largest absolute Gasteiger partial charge is 0.378 e. The number of ether oxygens (including phenoxy) is 1. The molecule has 2 aliphatic rings. The van der Waals surface area contributed by atoms with Gasteiger partial charge in [-0.3, -0.25) is 9.59 Å². The van der Waals surface area contributed by atoms with E-state index in [-0.39, 0.29) is 30.3 Å². The Balaban J connectivity index is 0.00000176. The summed E-state index contributed by atoms with van der Waals surface area (Å²) in [5, 5.41) is 5.97. The van der Waals surface area contributed by atoms with E-state index in [1.165, 1.54) is 0 Å². The molecule has 120 valence electrons. The van der Waals surface area contributed by atoms with Crippen LogP contribution in [0.1, 0.15) is 12.8 Å². The number of nitrogens with one attached hydrogen (secondary N) is 2. The number of amides is 2. The number of benzene rings is 1. The maximum atomic E-state index is 12.0. The molecule has 22 heavy (non-hydrogen) atoms. The van der Waals surface area contributed by atoms with Crippen LogP contribution in [-0.2, 0) is 14.3 Å². The van der Waals surface area contributed by atoms with Crippen LogP contribution in [0.2, 0.25) is 0 Å². The molecule has 7 heteroatoms. The zero-order valence-corrected chi connectivity index (χ0v) is 13.0. The molecule has 0 aliphatic carbocycles. The quantitative estimate of drug-likeness (QED) is 0.875. The Morgan fingerprint density at radius 1 is 1.32 bits per heavy atom. The normalized spacial score (nSPS) is 21.4. The van der Waals surface area contributed by atoms with Gasteiger partial charge in [0.1, 0.15) is 6.04 Å². The zero-order valence-electron chi connectivity index (χ0n) is 12.2. The van der Waals surface area contributed by atoms with Crippen molar-refractivity contribution in [1.29, 1.82) is 0 Å². The van der Waals surface area contributed by atoms with Crippen molar-refractivity contribution in [2.45, 2.75) is 18.9 Å². The standard InChI is InChI=1S/C15H19N3O3.ClH/c19-14-2-1-8-18(14)12-5-3-11(4-6-12)17-15(20)13-10-21-9-7-16-13;/h3-6,13,16H,1-2,7-10H2,(H,17,20);1H. The molecule has 0 bridgehead atoms. The maximum Gasteiger partial charge on any atom is 0.243 e. The van der Waals surface area contributed by atoms with E-state index >= 15 is 0 Å². The van der Waals surface area contributed by atoms with E-state index in [9.17, 15) is 9.59 Å². The molecule has 3 rings (SSSR count). The number of rotatable bonds is 3. The molecule has 1 atom stereocenters. The van der Waals surface area contributed by atoms with Gasteiger partial charge in [0, 0.05) is 30.9 Å². The molecule has 2 N–H and O–H groups in total. The molecule has 2 amide bonds. The van der Waals surface area contributed by atoms with Crippen molar-refractivity contribution in [3.63, 3.8) is 0 Å². The van der Waals surface area contributed by atoms with Crippen molar-refractivity contribution in [2.24, 2.45) is 0 Å². The van der Waals surface area contributed by atoms with Crippen molar-refractivity contribution >= 4 is 35.6 Å². The highest BCUT2D eigenvalue weighted by Gasteiger charge is 2.23. The van der Waals surface area contributed by atoms with Crippen molar-refractivity contribution < 1.29 is 14.3 Å². The Bertz CT molecular complexity index is 529. The molecule has 2 heterocycles. The summed E-state index contributed by atoms with van der Waals surface area (Å²) in [6.45, 7) is 2.50. The second kappa shape index (κ2) is 7.58. The molecule has 1 aromatic carbocycles. The summed E-state index contributed by atoms with van der Waals surface area (Å²) in [6, 6.07) is 7.07. The highest BCUT2D eigenvalue weighted by molar-refractivity contribution is 5.97. The highest BCUT2D eigenvalue weighted by Crippen LogP contribution is 2.23. The lowest BCUT2D eigenvalue weighted by Gasteiger charge is -2.23. The third-order valence-electron chi connectivity index (χ3n) is 3.76. The Morgan fingerprint density at radius 3 is 2.68 bits per heavy atom. The van der Waals surface area contributed by atoms with Gasteiger partial charge in [-0.2, -0.15) is 0 Å². The van der Waals surface area contributed by atoms with Crippen LogP contribution >= 0.6 is 12.4 Å². The van der Waals surface area contributed by atoms with Gasteiger partial charge in [-0.25, -0.2) is 0 Å². The number of hydrogen-bond donors (Lipinski definition) is 2. The van der Waals surface area contributed by atoms with Gasteiger partial charge in [0.2, 0.25) is 11.8 Å². The van der Waals surface area contributed by atoms with Crippen LogP contribution in [-0.4, -0.2) is 44.2 Å². The first-order valence-electron chi connectivity index (χ1n) is 7.26. The maximum absolute atomic E-state index is 12.0. The van der Waals surface area contributed by atoms with Crippen molar-refractivity contribution in [2.75, 3.05) is 36.5 Å². The molecule has 2 aliphatic heterocycles. The van der Waals surface area contributed by atoms with Gasteiger partial charge in [-0.05, 0) is 30.7 Å². The van der Waals surface area contributed by atoms with Crippen LogP contribution in [0.15, 0.2) is 24.3 Å². The summed E-state index contributed by atoms with van der Waals surface area (Å²) < 4.78 is 5.27. The molecule has 2 fully saturated rings. The fraction of sp³-hybridized carbons (Fsp3) is 0.467. The smallest absolute Gasteiger partial charge is 0.243 e. The van der Waals surface area contributed by atoms with E-state index in [1.807, 2.05) is 24.3 Å². The highest BCUT2D eigenvalue weighted by atomic mass is 35.5. The number of carbonyl (C=O) groups is 2. The Hall–Kier alpha value is -1.63. The van der Waals surface area contributed by atoms with Gasteiger partial charge in [0.15, 0.2) is 0 Å². The molecule has 2 saturated heterocycles. The van der Waals surface area contributed by atoms with Crippen molar-refractivity contribution in [3.05, 3.63) is 24.3 Å². The predicted molar refractivity (Wildman–Crippen MR) is 86.5 cm³/mol. The molecule has 1 aromatic rings. The minimum Gasteiger partial charge on any atom is -0.378 e. The summed E-state index contributed by atoms with van der Waals surface area (Å²) in [5.41, 5.74) is 1.61. The van der Waals surface area contributed by atoms with Crippen LogP contribution < -0.4 is 15.5 Å². The zero-order chi connectivity index (χ0) is 14.7. The topological polar surface area (TPSA) is 70.7 Å². The van der Waals surface area contributed by atoms with Crippen molar-refractivity contribution in [1.82, 2.24) is 5.32 Å². The van der Waals surface area contributed by atoms with E-state index < -0.39 is 0 Å². The SMILES string of the molecule is Cl.O=C(Nc1ccc(N2CCCC2=O)cc1)C1COCCN1. The number of halogens is 1. The van der Waals surface area contributed by atoms with Gasteiger partial charge in [-0.1, -0.05) is 0 Å². The third kappa shape index (κ3) is 3.76. The monoisotopic (exact) mass is 325 g/mol. The van der Waals surface area contributed by atoms with Crippen LogP contribution in [0.4, 0.5) is 11.4 Å². The first-order chi connectivity index (χ1) is 10.2. The van der Waals surface area contributed by atoms with E-state index in [4.69, 9.17) is 4.74 Å². The number of anilines is 2. The third-order valence-corrected chi connectivity index (χ3v) is 3.76. The average molecular weight is 326 g/mol. The first-order valence-corrected chi connectivity index (χ1v) is 7.26. The molecule has 0 aromatic heterocycles. The Labute approximate surface area is 135 Å². The fourth-order valence-corrected chi connectivity index (χ4v) is 2.61. The lowest BCUT2D eigenvalue weighted by molar-refractivity contribution is -0.121. The first kappa shape index (κ1) is 16.7. The van der Waals surface area contributed by atoms with Crippen LogP contribution in [0.5, 0.6) is 0 Å². The number of morpholine rings is 1. The summed E-state index contributed by atoms with van der Waals surface area (Å²) in [6.07, 6.45) is 1.52. The van der Waals surface area contributed by atoms with Gasteiger partial charge < -0.3 is 20.3 Å². The second-order valence-corrected chi connectivity index (χ2v) is 5.27. The van der Waals surface area contributed by atoms with Gasteiger partial charge in [-0.15, -0.1) is 12.4 Å². The average Bonchev–Trinajstić information content (AvgIpc) is 2.95. The van der Waals surface area contributed by atoms with Crippen LogP contribution in [0, 0.1) is 0 Å². The molecule has 1 unspecified atom stereocenters. The molecular formula is C15H20ClN3O3. The van der Waals surface area contributed by atoms with Crippen LogP contribution in [0.25, 0.3) is 0 Å². The molecular weight excluding hydrogens is 306 g/mol. The lowest BCUT2D eigenvalue weighted by Crippen LogP contribution is -2.48. The molecule has 0 saturated carbocycles. The molecule has 0 spiro atoms. The van der Waals surface area contributed by atoms with E-state index in [2.05, 4.69) is 10.6 Å². The summed E-state index contributed by atoms with van der Waals surface area (Å²) in [5.74, 6) is 0.0649. The van der Waals surface area contributed by atoms with Gasteiger partial charge in [0.05, 0.1) is 13.2 Å². The summed E-state index contributed by atoms with van der Waals surface area (Å²) >= 11 is 0. The van der Waals surface area contributed by atoms with Crippen LogP contribution in [0.3, 0.4) is 0 Å². The van der Waals surface area contributed by atoms with E-state index in [0.29, 0.717) is 26.2 Å². The molecule has 6 nitrogen and oxygen atoms in total. The molecule has 0 radical (unpaired) electrons. The minimum absolute atomic E-state index is 0. The Morgan fingerprint density at radius 2 is 2.09 bits per heavy atom. The number of nitrogens with zero attached hydrogens (tertiary/aromatic N) is 1. The minimum atomic E-state index is -0.307. The second-order valence-electron chi connectivity index (χ2n) is 5.27. The Kier molecular flexibility index (Phi) is 5.76. The van der Waals surface area contributed by atoms with Gasteiger partial charge >= 0.3 is 0 Å². The fourth-order valence-electron chi connectivity index (χ4n) is 2.61. The number of hydrogen-bond acceptors (Lipinski definition) is 4. The summed E-state index contributed by atoms with van der Waals surface area (Å²) in [4.78, 5) is 25.5. The van der Waals surface area contributed by atoms with Crippen molar-refractivity contribution in [3.8, 4) is 0 Å². The summed E-state index contributed by atoms with van der Waals surface area (Å²) in [7, 11) is 0. The lowest BCUT2D eigenvalue weighted by atomic mass is 10.2. The predicted octanol–water partition coefficient (Wildman–Crippen LogP) is 1.16. The van der Waals surface area contributed by atoms with Gasteiger partial charge in [0.25, 0.3) is 0 Å². The van der Waals surface area contributed by atoms with E-state index in [1.54, 1.807) is 4.90 Å².